The summed E-state index contributed by atoms with van der Waals surface area (Å²) in [6, 6.07) is 18.9. The van der Waals surface area contributed by atoms with Gasteiger partial charge in [0.1, 0.15) is 15.7 Å². The van der Waals surface area contributed by atoms with Crippen molar-refractivity contribution < 1.29 is 13.7 Å². The van der Waals surface area contributed by atoms with Crippen molar-refractivity contribution in [2.45, 2.75) is 17.6 Å². The van der Waals surface area contributed by atoms with Crippen molar-refractivity contribution in [2.75, 3.05) is 44.3 Å². The van der Waals surface area contributed by atoms with E-state index in [-0.39, 0.29) is 0 Å². The number of benzene rings is 2. The molecule has 0 spiro atoms. The van der Waals surface area contributed by atoms with E-state index in [1.807, 2.05) is 22.5 Å². The molecule has 0 bridgehead atoms. The number of hydrogen-bond acceptors (Lipinski definition) is 4. The van der Waals surface area contributed by atoms with E-state index >= 15 is 0 Å². The van der Waals surface area contributed by atoms with Crippen molar-refractivity contribution in [3.8, 4) is 11.1 Å². The fraction of sp³-hybridized carbons (Fsp3) is 0.409. The van der Waals surface area contributed by atoms with Crippen LogP contribution in [0.4, 0.5) is 5.69 Å². The van der Waals surface area contributed by atoms with Gasteiger partial charge in [-0.05, 0) is 36.1 Å². The Morgan fingerprint density at radius 3 is 2.07 bits per heavy atom. The molecule has 2 saturated heterocycles. The highest BCUT2D eigenvalue weighted by Crippen LogP contribution is 2.31. The minimum absolute atomic E-state index is 0.427. The zero-order valence-electron chi connectivity index (χ0n) is 16.5. The fourth-order valence-electron chi connectivity index (χ4n) is 4.06. The van der Waals surface area contributed by atoms with Crippen LogP contribution >= 0.6 is 0 Å². The molecule has 1 amide bonds. The van der Waals surface area contributed by atoms with Gasteiger partial charge in [-0.15, -0.1) is 0 Å². The van der Waals surface area contributed by atoms with Gasteiger partial charge < -0.3 is 15.4 Å². The summed E-state index contributed by atoms with van der Waals surface area (Å²) in [5.74, 6) is -0.474. The number of hydrogen-bond donors (Lipinski definition) is 1. The third kappa shape index (κ3) is 4.08. The third-order valence-corrected chi connectivity index (χ3v) is 8.01. The van der Waals surface area contributed by atoms with Crippen molar-refractivity contribution in [2.24, 2.45) is 5.73 Å². The van der Waals surface area contributed by atoms with Crippen LogP contribution in [0.1, 0.15) is 12.8 Å². The molecule has 2 aromatic rings. The number of primary amides is 1. The smallest absolute Gasteiger partial charge is 0.237 e. The van der Waals surface area contributed by atoms with Crippen LogP contribution < -0.4 is 10.6 Å². The van der Waals surface area contributed by atoms with Gasteiger partial charge in [-0.3, -0.25) is 4.79 Å². The topological polar surface area (TPSA) is 75.9 Å². The van der Waals surface area contributed by atoms with Gasteiger partial charge in [0.25, 0.3) is 0 Å². The summed E-state index contributed by atoms with van der Waals surface area (Å²) in [7, 11) is -1.43. The van der Waals surface area contributed by atoms with E-state index in [4.69, 9.17) is 10.5 Å². The van der Waals surface area contributed by atoms with Crippen LogP contribution in [0.5, 0.6) is 0 Å². The highest BCUT2D eigenvalue weighted by molar-refractivity contribution is 7.85. The molecular formula is C22H27N3O3S. The highest BCUT2D eigenvalue weighted by atomic mass is 32.2. The molecule has 2 heterocycles. The number of nitrogens with two attached hydrogens (primary N) is 1. The maximum atomic E-state index is 13.2. The Kier molecular flexibility index (Phi) is 5.99. The first-order chi connectivity index (χ1) is 14.1. The van der Waals surface area contributed by atoms with Gasteiger partial charge in [-0.1, -0.05) is 42.5 Å². The van der Waals surface area contributed by atoms with Crippen molar-refractivity contribution in [3.63, 3.8) is 0 Å². The van der Waals surface area contributed by atoms with E-state index in [1.54, 1.807) is 0 Å². The van der Waals surface area contributed by atoms with E-state index in [0.717, 1.165) is 18.8 Å². The average Bonchev–Trinajstić information content (AvgIpc) is 2.80. The molecular weight excluding hydrogens is 386 g/mol. The lowest BCUT2D eigenvalue weighted by molar-refractivity contribution is -0.122. The van der Waals surface area contributed by atoms with Crippen molar-refractivity contribution in [3.05, 3.63) is 54.6 Å². The van der Waals surface area contributed by atoms with Crippen molar-refractivity contribution >= 4 is 22.6 Å². The lowest BCUT2D eigenvalue weighted by Crippen LogP contribution is -2.58. The Bertz CT molecular complexity index is 859. The Morgan fingerprint density at radius 1 is 0.897 bits per heavy atom. The number of anilines is 1. The van der Waals surface area contributed by atoms with Crippen LogP contribution in [0.3, 0.4) is 0 Å². The molecule has 2 fully saturated rings. The van der Waals surface area contributed by atoms with Gasteiger partial charge in [-0.2, -0.15) is 0 Å². The second-order valence-corrected chi connectivity index (χ2v) is 9.35. The Labute approximate surface area is 174 Å². The molecule has 0 radical (unpaired) electrons. The molecule has 6 nitrogen and oxygen atoms in total. The maximum absolute atomic E-state index is 13.2. The van der Waals surface area contributed by atoms with E-state index in [9.17, 15) is 9.00 Å². The number of ether oxygens (including phenoxy) is 1. The molecule has 154 valence electrons. The van der Waals surface area contributed by atoms with Gasteiger partial charge in [-0.25, -0.2) is 8.51 Å². The summed E-state index contributed by atoms with van der Waals surface area (Å²) in [6.07, 6.45) is 0.853. The molecule has 29 heavy (non-hydrogen) atoms. The lowest BCUT2D eigenvalue weighted by Gasteiger charge is -2.41. The predicted molar refractivity (Wildman–Crippen MR) is 116 cm³/mol. The summed E-state index contributed by atoms with van der Waals surface area (Å²) in [5.41, 5.74) is 9.22. The summed E-state index contributed by atoms with van der Waals surface area (Å²) in [6.45, 7) is 3.68. The third-order valence-electron chi connectivity index (χ3n) is 5.90. The normalized spacial score (nSPS) is 20.9. The molecule has 2 aromatic carbocycles. The lowest BCUT2D eigenvalue weighted by atomic mass is 9.98. The van der Waals surface area contributed by atoms with Gasteiger partial charge in [0, 0.05) is 45.1 Å². The molecule has 1 atom stereocenters. The van der Waals surface area contributed by atoms with Crippen molar-refractivity contribution in [1.29, 1.82) is 0 Å². The maximum Gasteiger partial charge on any atom is 0.237 e. The van der Waals surface area contributed by atoms with Crippen molar-refractivity contribution in [1.82, 2.24) is 4.31 Å². The summed E-state index contributed by atoms with van der Waals surface area (Å²) in [5, 5.41) is 0. The molecule has 1 unspecified atom stereocenters. The molecule has 0 aliphatic carbocycles. The van der Waals surface area contributed by atoms with Crippen LogP contribution in [0.15, 0.2) is 54.6 Å². The summed E-state index contributed by atoms with van der Waals surface area (Å²) in [4.78, 5) is 14.4. The monoisotopic (exact) mass is 413 g/mol. The summed E-state index contributed by atoms with van der Waals surface area (Å²) < 4.78 is 19.5. The standard InChI is InChI=1S/C22H27N3O3S/c23-21(26)22(10-16-28-17-11-22)29(27)25-14-12-24(13-15-25)20-8-6-19(7-9-20)18-4-2-1-3-5-18/h1-9H,10-17H2,(H2,23,26). The molecule has 0 saturated carbocycles. The number of carbonyl (C=O) groups excluding carboxylic acids is 1. The second kappa shape index (κ2) is 8.65. The zero-order valence-corrected chi connectivity index (χ0v) is 17.3. The second-order valence-electron chi connectivity index (χ2n) is 7.55. The summed E-state index contributed by atoms with van der Waals surface area (Å²) >= 11 is 0. The van der Waals surface area contributed by atoms with E-state index in [1.165, 1.54) is 11.1 Å². The number of rotatable bonds is 5. The first-order valence-corrected chi connectivity index (χ1v) is 11.2. The highest BCUT2D eigenvalue weighted by Gasteiger charge is 2.47. The number of piperazine rings is 1. The Morgan fingerprint density at radius 2 is 1.48 bits per heavy atom. The zero-order chi connectivity index (χ0) is 20.3. The Hall–Kier alpha value is -2.22. The molecule has 7 heteroatoms. The number of nitrogens with zero attached hydrogens (tertiary/aromatic N) is 2. The van der Waals surface area contributed by atoms with E-state index in [2.05, 4.69) is 41.3 Å². The van der Waals surface area contributed by atoms with Gasteiger partial charge in [0.2, 0.25) is 5.91 Å². The average molecular weight is 414 g/mol. The van der Waals surface area contributed by atoms with Crippen LogP contribution in [0.25, 0.3) is 11.1 Å². The van der Waals surface area contributed by atoms with Crippen LogP contribution in [0.2, 0.25) is 0 Å². The first-order valence-electron chi connectivity index (χ1n) is 10.1. The molecule has 0 aromatic heterocycles. The van der Waals surface area contributed by atoms with Gasteiger partial charge >= 0.3 is 0 Å². The van der Waals surface area contributed by atoms with Gasteiger partial charge in [0.15, 0.2) is 0 Å². The molecule has 4 rings (SSSR count). The molecule has 2 aliphatic heterocycles. The first kappa shape index (κ1) is 20.1. The molecule has 2 aliphatic rings. The quantitative estimate of drug-likeness (QED) is 0.815. The van der Waals surface area contributed by atoms with Crippen LogP contribution in [-0.2, 0) is 20.5 Å². The van der Waals surface area contributed by atoms with E-state index < -0.39 is 21.6 Å². The number of carbonyl (C=O) groups is 1. The minimum Gasteiger partial charge on any atom is -0.381 e. The van der Waals surface area contributed by atoms with Crippen LogP contribution in [-0.4, -0.2) is 58.6 Å². The fourth-order valence-corrected chi connectivity index (χ4v) is 5.74. The SMILES string of the molecule is NC(=O)C1(S(=O)N2CCN(c3ccc(-c4ccccc4)cc3)CC2)CCOCC1. The predicted octanol–water partition coefficient (Wildman–Crippen LogP) is 2.17. The largest absolute Gasteiger partial charge is 0.381 e. The number of amides is 1. The van der Waals surface area contributed by atoms with E-state index in [0.29, 0.717) is 39.1 Å². The Balaban J connectivity index is 1.40. The molecule has 2 N–H and O–H groups in total. The van der Waals surface area contributed by atoms with Gasteiger partial charge in [0.05, 0.1) is 0 Å². The van der Waals surface area contributed by atoms with Crippen LogP contribution in [0, 0.1) is 0 Å². The minimum atomic E-state index is -1.43.